The van der Waals surface area contributed by atoms with Crippen molar-refractivity contribution in [1.82, 2.24) is 0 Å². The molecule has 0 aliphatic carbocycles. The van der Waals surface area contributed by atoms with Gasteiger partial charge in [-0.3, -0.25) is 50.0 Å². The van der Waals surface area contributed by atoms with Crippen molar-refractivity contribution in [3.05, 3.63) is 197 Å². The van der Waals surface area contributed by atoms with Gasteiger partial charge >= 0.3 is 11.4 Å². The second kappa shape index (κ2) is 21.6. The third-order valence-corrected chi connectivity index (χ3v) is 9.98. The summed E-state index contributed by atoms with van der Waals surface area (Å²) < 4.78 is 0. The minimum atomic E-state index is -0.997. The van der Waals surface area contributed by atoms with E-state index in [1.54, 1.807) is 109 Å². The van der Waals surface area contributed by atoms with E-state index in [1.807, 2.05) is 0 Å². The van der Waals surface area contributed by atoms with Crippen molar-refractivity contribution in [1.29, 1.82) is 0 Å². The number of nitro groups is 4. The average molecular weight is 999 g/mol. The fourth-order valence-electron chi connectivity index (χ4n) is 6.65. The number of carbonyl (C=O) groups is 2. The van der Waals surface area contributed by atoms with Crippen molar-refractivity contribution < 1.29 is 67.1 Å². The number of rotatable bonds is 12. The van der Waals surface area contributed by atoms with E-state index in [2.05, 4.69) is 31.1 Å². The summed E-state index contributed by atoms with van der Waals surface area (Å²) in [5.74, 6) is -4.23. The fraction of sp³-hybridized carbons (Fsp3) is 0. The first-order valence-electron chi connectivity index (χ1n) is 19.9. The van der Waals surface area contributed by atoms with Crippen LogP contribution in [0.4, 0.5) is 56.9 Å². The Morgan fingerprint density at radius 3 is 1.10 bits per heavy atom. The van der Waals surface area contributed by atoms with Crippen LogP contribution in [0, 0.1) is 40.5 Å². The molecule has 0 aromatic heterocycles. The maximum absolute atomic E-state index is 12.9. The minimum Gasteiger partial charge on any atom is -0.505 e. The second-order valence-corrected chi connectivity index (χ2v) is 14.4. The molecule has 0 heterocycles. The van der Waals surface area contributed by atoms with Crippen LogP contribution in [0.2, 0.25) is 0 Å². The molecule has 8 rings (SSSR count). The Kier molecular flexibility index (Phi) is 15.3. The Morgan fingerprint density at radius 2 is 0.761 bits per heavy atom. The molecule has 0 aliphatic rings. The summed E-state index contributed by atoms with van der Waals surface area (Å²) in [6, 6.07) is 36.0. The monoisotopic (exact) mass is 998 g/mol. The normalized spacial score (nSPS) is 10.8. The number of benzene rings is 8. The molecule has 0 unspecified atom stereocenters. The number of nitrogens with one attached hydrogen (secondary N) is 2. The molecule has 0 radical (unpaired) electrons. The summed E-state index contributed by atoms with van der Waals surface area (Å²) in [6.45, 7) is 0. The summed E-state index contributed by atoms with van der Waals surface area (Å²) in [5.41, 5.74) is -3.99. The number of fused-ring (bicyclic) bond motifs is 2. The Morgan fingerprint density at radius 1 is 0.423 bits per heavy atom. The van der Waals surface area contributed by atoms with E-state index in [0.29, 0.717) is 45.1 Å². The summed E-state index contributed by atoms with van der Waals surface area (Å²) in [6.07, 6.45) is 0. The van der Waals surface area contributed by atoms with Gasteiger partial charge in [-0.2, -0.15) is 0 Å². The first-order chi connectivity index (χ1) is 33.5. The smallest absolute Gasteiger partial charge is 0.319 e. The summed E-state index contributed by atoms with van der Waals surface area (Å²) in [5, 5.41) is 109. The molecule has 0 saturated carbocycles. The third kappa shape index (κ3) is 11.1. The molecule has 2 amide bonds. The molecule has 0 fully saturated rings. The first-order valence-corrected chi connectivity index (χ1v) is 19.9. The molecule has 8 aromatic carbocycles. The molecule has 0 aliphatic heterocycles. The van der Waals surface area contributed by atoms with Crippen LogP contribution in [0.3, 0.4) is 0 Å². The number of non-ortho nitro benzene ring substituents is 2. The predicted molar refractivity (Wildman–Crippen MR) is 251 cm³/mol. The second-order valence-electron chi connectivity index (χ2n) is 14.4. The molecular weight excluding hydrogens is 969 g/mol. The Labute approximate surface area is 407 Å². The van der Waals surface area contributed by atoms with E-state index < -0.39 is 88.6 Å². The van der Waals surface area contributed by atoms with Gasteiger partial charge in [-0.15, -0.1) is 20.5 Å². The topological polar surface area (TPSA) is 361 Å². The SMILES string of the molecule is O=C(Nc1ccccc1)c1cc2ccccc2c(N=Nc2cc([N+](=O)[O-])cc([N+](=O)[O-])c2O)c1O.O=C(Nc1ccccc1)c1cc2ccccc2c(N=Nc2cc([N+](=O)[O-])cc([N+](=O)[O-])c2O)c1O.[Cr]. The van der Waals surface area contributed by atoms with Crippen molar-refractivity contribution in [2.75, 3.05) is 10.6 Å². The van der Waals surface area contributed by atoms with Crippen LogP contribution < -0.4 is 10.6 Å². The van der Waals surface area contributed by atoms with Crippen molar-refractivity contribution in [3.8, 4) is 23.0 Å². The molecule has 71 heavy (non-hydrogen) atoms. The van der Waals surface area contributed by atoms with Crippen LogP contribution in [-0.4, -0.2) is 51.9 Å². The summed E-state index contributed by atoms with van der Waals surface area (Å²) >= 11 is 0. The molecule has 0 spiro atoms. The maximum Gasteiger partial charge on any atom is 0.319 e. The zero-order valence-corrected chi connectivity index (χ0v) is 37.0. The Bertz CT molecular complexity index is 3280. The number of nitro benzene ring substituents is 4. The number of amides is 2. The van der Waals surface area contributed by atoms with Gasteiger partial charge < -0.3 is 31.1 Å². The van der Waals surface area contributed by atoms with Crippen LogP contribution in [0.25, 0.3) is 21.5 Å². The van der Waals surface area contributed by atoms with Crippen LogP contribution in [-0.2, 0) is 17.4 Å². The van der Waals surface area contributed by atoms with E-state index in [4.69, 9.17) is 0 Å². The van der Waals surface area contributed by atoms with E-state index in [-0.39, 0.29) is 39.9 Å². The average Bonchev–Trinajstić information content (AvgIpc) is 3.34. The molecule has 354 valence electrons. The number of aromatic hydroxyl groups is 4. The Balaban J connectivity index is 0.000000229. The molecule has 6 N–H and O–H groups in total. The van der Waals surface area contributed by atoms with Crippen molar-refractivity contribution in [2.24, 2.45) is 20.5 Å². The Hall–Kier alpha value is -10.2. The zero-order valence-electron chi connectivity index (χ0n) is 35.7. The van der Waals surface area contributed by atoms with Gasteiger partial charge in [0.15, 0.2) is 11.5 Å². The molecule has 0 bridgehead atoms. The van der Waals surface area contributed by atoms with Gasteiger partial charge in [-0.1, -0.05) is 84.9 Å². The largest absolute Gasteiger partial charge is 0.505 e. The summed E-state index contributed by atoms with van der Waals surface area (Å²) in [4.78, 5) is 66.7. The fourth-order valence-corrected chi connectivity index (χ4v) is 6.65. The van der Waals surface area contributed by atoms with Gasteiger partial charge in [0.2, 0.25) is 11.5 Å². The number of para-hydroxylation sites is 2. The van der Waals surface area contributed by atoms with E-state index in [9.17, 15) is 70.5 Å². The van der Waals surface area contributed by atoms with Crippen LogP contribution in [0.15, 0.2) is 166 Å². The number of phenols is 4. The predicted octanol–water partition coefficient (Wildman–Crippen LogP) is 11.5. The van der Waals surface area contributed by atoms with Crippen LogP contribution in [0.5, 0.6) is 23.0 Å². The van der Waals surface area contributed by atoms with Gasteiger partial charge in [0.1, 0.15) is 22.7 Å². The number of carbonyl (C=O) groups excluding carboxylic acids is 2. The van der Waals surface area contributed by atoms with Crippen LogP contribution >= 0.6 is 0 Å². The molecular formula is C46H30CrN10O14. The van der Waals surface area contributed by atoms with Crippen LogP contribution in [0.1, 0.15) is 20.7 Å². The molecule has 8 aromatic rings. The maximum atomic E-state index is 12.9. The first kappa shape index (κ1) is 50.2. The summed E-state index contributed by atoms with van der Waals surface area (Å²) in [7, 11) is 0. The van der Waals surface area contributed by atoms with Gasteiger partial charge in [0, 0.05) is 51.6 Å². The molecule has 0 saturated heterocycles. The molecule has 25 heteroatoms. The minimum absolute atomic E-state index is 0. The number of hydrogen-bond acceptors (Lipinski definition) is 18. The quantitative estimate of drug-likeness (QED) is 0.0376. The molecule has 0 atom stereocenters. The van der Waals surface area contributed by atoms with Gasteiger partial charge in [-0.25, -0.2) is 0 Å². The van der Waals surface area contributed by atoms with E-state index in [0.717, 1.165) is 12.1 Å². The standard InChI is InChI=1S/2C23H15N5O7.Cr/c2*29-21-17(23(31)24-14-7-2-1-3-8-14)10-13-6-4-5-9-16(13)20(21)26-25-18-11-15(27(32)33)12-19(22(18)30)28(34)35;/h2*1-12,29-30H,(H,24,31);. The number of hydrogen-bond donors (Lipinski definition) is 6. The van der Waals surface area contributed by atoms with Gasteiger partial charge in [-0.05, 0) is 47.2 Å². The van der Waals surface area contributed by atoms with Gasteiger partial charge in [0.25, 0.3) is 23.2 Å². The van der Waals surface area contributed by atoms with E-state index in [1.165, 1.54) is 12.1 Å². The number of anilines is 2. The third-order valence-electron chi connectivity index (χ3n) is 9.98. The molecule has 24 nitrogen and oxygen atoms in total. The number of azo groups is 2. The van der Waals surface area contributed by atoms with E-state index >= 15 is 0 Å². The van der Waals surface area contributed by atoms with Crippen molar-refractivity contribution in [3.63, 3.8) is 0 Å². The zero-order chi connectivity index (χ0) is 50.2. The number of nitrogens with zero attached hydrogens (tertiary/aromatic N) is 8. The van der Waals surface area contributed by atoms with Crippen molar-refractivity contribution >= 4 is 90.2 Å². The van der Waals surface area contributed by atoms with Crippen molar-refractivity contribution in [2.45, 2.75) is 0 Å². The number of phenolic OH excluding ortho intramolecular Hbond substituents is 4. The van der Waals surface area contributed by atoms with Gasteiger partial charge in [0.05, 0.1) is 43.0 Å².